The van der Waals surface area contributed by atoms with Gasteiger partial charge in [-0.2, -0.15) is 11.8 Å². The highest BCUT2D eigenvalue weighted by atomic mass is 32.2. The maximum atomic E-state index is 12.8. The monoisotopic (exact) mass is 367 g/mol. The fraction of sp³-hybridized carbons (Fsp3) is 0.737. The topological polar surface area (TPSA) is 73.9 Å². The number of aryl methyl sites for hydroxylation is 1. The third kappa shape index (κ3) is 4.23. The number of aliphatic hydroxyl groups is 2. The Morgan fingerprint density at radius 1 is 1.28 bits per heavy atom. The molecule has 25 heavy (non-hydrogen) atoms. The van der Waals surface area contributed by atoms with Gasteiger partial charge in [0.05, 0.1) is 12.2 Å². The van der Waals surface area contributed by atoms with Gasteiger partial charge >= 0.3 is 0 Å². The molecule has 1 aliphatic carbocycles. The van der Waals surface area contributed by atoms with E-state index < -0.39 is 12.2 Å². The Morgan fingerprint density at radius 3 is 2.52 bits per heavy atom. The Morgan fingerprint density at radius 2 is 1.92 bits per heavy atom. The van der Waals surface area contributed by atoms with Crippen LogP contribution in [0.25, 0.3) is 0 Å². The van der Waals surface area contributed by atoms with Gasteiger partial charge < -0.3 is 19.5 Å². The van der Waals surface area contributed by atoms with Crippen LogP contribution in [0, 0.1) is 18.8 Å². The van der Waals surface area contributed by atoms with Crippen LogP contribution in [0.15, 0.2) is 10.5 Å². The molecule has 2 N–H and O–H groups in total. The van der Waals surface area contributed by atoms with Crippen LogP contribution in [0.3, 0.4) is 0 Å². The third-order valence-corrected chi connectivity index (χ3v) is 6.62. The summed E-state index contributed by atoms with van der Waals surface area (Å²) in [5, 5.41) is 19.7. The lowest BCUT2D eigenvalue weighted by molar-refractivity contribution is -0.0372. The van der Waals surface area contributed by atoms with E-state index >= 15 is 0 Å². The fourth-order valence-electron chi connectivity index (χ4n) is 3.93. The van der Waals surface area contributed by atoms with Crippen LogP contribution in [0.4, 0.5) is 0 Å². The quantitative estimate of drug-likeness (QED) is 0.757. The molecule has 1 aliphatic heterocycles. The molecule has 140 valence electrons. The zero-order valence-corrected chi connectivity index (χ0v) is 15.9. The lowest BCUT2D eigenvalue weighted by Crippen LogP contribution is -2.38. The SMILES string of the molecule is CCCCSCc1cc(C(=O)N2C[C@H]3C[C@H](O)[C@@H](O)C[C@H]3C2)oc1C. The summed E-state index contributed by atoms with van der Waals surface area (Å²) in [7, 11) is 0. The highest BCUT2D eigenvalue weighted by Crippen LogP contribution is 2.37. The van der Waals surface area contributed by atoms with Gasteiger partial charge in [-0.05, 0) is 49.8 Å². The van der Waals surface area contributed by atoms with Crippen molar-refractivity contribution in [2.24, 2.45) is 11.8 Å². The molecule has 1 saturated heterocycles. The maximum absolute atomic E-state index is 12.8. The maximum Gasteiger partial charge on any atom is 0.289 e. The number of hydrogen-bond acceptors (Lipinski definition) is 5. The highest BCUT2D eigenvalue weighted by Gasteiger charge is 2.43. The van der Waals surface area contributed by atoms with Gasteiger partial charge in [-0.1, -0.05) is 13.3 Å². The Bertz CT molecular complexity index is 584. The summed E-state index contributed by atoms with van der Waals surface area (Å²) in [6.07, 6.45) is 2.24. The molecule has 1 saturated carbocycles. The second-order valence-corrected chi connectivity index (χ2v) is 8.54. The molecule has 2 aliphatic rings. The number of likely N-dealkylation sites (tertiary alicyclic amines) is 1. The van der Waals surface area contributed by atoms with Gasteiger partial charge in [0.25, 0.3) is 5.91 Å². The van der Waals surface area contributed by atoms with E-state index in [2.05, 4.69) is 6.92 Å². The van der Waals surface area contributed by atoms with E-state index in [1.54, 1.807) is 0 Å². The van der Waals surface area contributed by atoms with Crippen molar-refractivity contribution < 1.29 is 19.4 Å². The van der Waals surface area contributed by atoms with E-state index in [4.69, 9.17) is 4.42 Å². The number of amides is 1. The molecule has 0 bridgehead atoms. The molecule has 6 heteroatoms. The number of aliphatic hydroxyl groups excluding tert-OH is 2. The van der Waals surface area contributed by atoms with E-state index in [1.807, 2.05) is 29.7 Å². The third-order valence-electron chi connectivity index (χ3n) is 5.53. The fourth-order valence-corrected chi connectivity index (χ4v) is 5.07. The summed E-state index contributed by atoms with van der Waals surface area (Å²) in [6, 6.07) is 1.89. The van der Waals surface area contributed by atoms with Crippen molar-refractivity contribution in [1.29, 1.82) is 0 Å². The van der Waals surface area contributed by atoms with E-state index in [0.717, 1.165) is 22.8 Å². The summed E-state index contributed by atoms with van der Waals surface area (Å²) in [4.78, 5) is 14.6. The predicted octanol–water partition coefficient (Wildman–Crippen LogP) is 2.83. The number of nitrogens with zero attached hydrogens (tertiary/aromatic N) is 1. The molecule has 1 amide bonds. The van der Waals surface area contributed by atoms with Gasteiger partial charge in [0, 0.05) is 24.4 Å². The number of fused-ring (bicyclic) bond motifs is 1. The highest BCUT2D eigenvalue weighted by molar-refractivity contribution is 7.98. The van der Waals surface area contributed by atoms with Gasteiger partial charge in [0.1, 0.15) is 5.76 Å². The number of thioether (sulfide) groups is 1. The van der Waals surface area contributed by atoms with Gasteiger partial charge in [0.15, 0.2) is 5.76 Å². The molecule has 1 aromatic rings. The number of unbranched alkanes of at least 4 members (excludes halogenated alkanes) is 1. The number of hydrogen-bond donors (Lipinski definition) is 2. The van der Waals surface area contributed by atoms with E-state index in [9.17, 15) is 15.0 Å². The molecule has 0 spiro atoms. The second-order valence-electron chi connectivity index (χ2n) is 7.43. The first-order valence-electron chi connectivity index (χ1n) is 9.32. The van der Waals surface area contributed by atoms with Crippen molar-refractivity contribution in [3.63, 3.8) is 0 Å². The van der Waals surface area contributed by atoms with Crippen molar-refractivity contribution in [2.75, 3.05) is 18.8 Å². The van der Waals surface area contributed by atoms with Crippen LogP contribution in [0.1, 0.15) is 54.5 Å². The zero-order valence-electron chi connectivity index (χ0n) is 15.1. The summed E-state index contributed by atoms with van der Waals surface area (Å²) in [5.41, 5.74) is 1.10. The molecule has 0 aromatic carbocycles. The summed E-state index contributed by atoms with van der Waals surface area (Å²) in [5.74, 6) is 3.76. The average molecular weight is 368 g/mol. The Hall–Kier alpha value is -0.980. The Kier molecular flexibility index (Phi) is 6.12. The Labute approximate surface area is 153 Å². The summed E-state index contributed by atoms with van der Waals surface area (Å²) in [6.45, 7) is 5.40. The summed E-state index contributed by atoms with van der Waals surface area (Å²) < 4.78 is 5.74. The molecule has 1 aromatic heterocycles. The first kappa shape index (κ1) is 18.8. The minimum absolute atomic E-state index is 0.0636. The number of rotatable bonds is 6. The largest absolute Gasteiger partial charge is 0.456 e. The Balaban J connectivity index is 1.60. The van der Waals surface area contributed by atoms with Crippen molar-refractivity contribution in [3.8, 4) is 0 Å². The standard InChI is InChI=1S/C19H29NO4S/c1-3-4-5-25-11-15-8-18(24-12(15)2)19(23)20-9-13-6-16(21)17(22)7-14(13)10-20/h8,13-14,16-17,21-22H,3-7,9-11H2,1-2H3/t13-,14+,16-,17-/m0/s1. The van der Waals surface area contributed by atoms with E-state index in [-0.39, 0.29) is 17.7 Å². The van der Waals surface area contributed by atoms with E-state index in [0.29, 0.717) is 31.7 Å². The smallest absolute Gasteiger partial charge is 0.289 e. The molecule has 4 atom stereocenters. The van der Waals surface area contributed by atoms with Crippen molar-refractivity contribution in [1.82, 2.24) is 4.90 Å². The van der Waals surface area contributed by atoms with Crippen LogP contribution >= 0.6 is 11.8 Å². The molecule has 2 fully saturated rings. The number of furan rings is 1. The van der Waals surface area contributed by atoms with E-state index in [1.165, 1.54) is 12.8 Å². The van der Waals surface area contributed by atoms with Gasteiger partial charge in [-0.3, -0.25) is 4.79 Å². The van der Waals surface area contributed by atoms with Crippen LogP contribution < -0.4 is 0 Å². The number of carbonyl (C=O) groups is 1. The minimum Gasteiger partial charge on any atom is -0.456 e. The first-order chi connectivity index (χ1) is 12.0. The van der Waals surface area contributed by atoms with Gasteiger partial charge in [-0.15, -0.1) is 0 Å². The minimum atomic E-state index is -0.658. The molecule has 2 heterocycles. The molecule has 0 unspecified atom stereocenters. The lowest BCUT2D eigenvalue weighted by atomic mass is 9.79. The molecule has 3 rings (SSSR count). The lowest BCUT2D eigenvalue weighted by Gasteiger charge is -2.31. The molecule has 0 radical (unpaired) electrons. The van der Waals surface area contributed by atoms with Crippen LogP contribution in [-0.4, -0.2) is 52.1 Å². The van der Waals surface area contributed by atoms with Gasteiger partial charge in [-0.25, -0.2) is 0 Å². The molecular formula is C19H29NO4S. The van der Waals surface area contributed by atoms with Crippen LogP contribution in [0.2, 0.25) is 0 Å². The van der Waals surface area contributed by atoms with Crippen molar-refractivity contribution in [3.05, 3.63) is 23.2 Å². The van der Waals surface area contributed by atoms with Crippen LogP contribution in [-0.2, 0) is 5.75 Å². The number of carbonyl (C=O) groups excluding carboxylic acids is 1. The van der Waals surface area contributed by atoms with Crippen LogP contribution in [0.5, 0.6) is 0 Å². The van der Waals surface area contributed by atoms with Crippen molar-refractivity contribution in [2.45, 2.75) is 57.5 Å². The summed E-state index contributed by atoms with van der Waals surface area (Å²) >= 11 is 1.88. The normalized spacial score (nSPS) is 29.0. The molecule has 5 nitrogen and oxygen atoms in total. The van der Waals surface area contributed by atoms with Crippen molar-refractivity contribution >= 4 is 17.7 Å². The molecular weight excluding hydrogens is 338 g/mol. The zero-order chi connectivity index (χ0) is 18.0. The average Bonchev–Trinajstić information content (AvgIpc) is 3.15. The second kappa shape index (κ2) is 8.14. The predicted molar refractivity (Wildman–Crippen MR) is 98.6 cm³/mol. The first-order valence-corrected chi connectivity index (χ1v) is 10.5. The van der Waals surface area contributed by atoms with Gasteiger partial charge in [0.2, 0.25) is 0 Å².